The van der Waals surface area contributed by atoms with Gasteiger partial charge < -0.3 is 14.9 Å². The van der Waals surface area contributed by atoms with Crippen molar-refractivity contribution in [3.63, 3.8) is 0 Å². The van der Waals surface area contributed by atoms with Gasteiger partial charge in [-0.1, -0.05) is 6.92 Å². The van der Waals surface area contributed by atoms with Crippen LogP contribution < -0.4 is 0 Å². The lowest BCUT2D eigenvalue weighted by Crippen LogP contribution is -2.26. The smallest absolute Gasteiger partial charge is 0.0774 e. The third kappa shape index (κ3) is 5.52. The zero-order chi connectivity index (χ0) is 9.61. The molecular formula is C9H20O3. The SMILES string of the molecule is CCC(C)(O)CCC(O)COC. The molecule has 0 spiro atoms. The summed E-state index contributed by atoms with van der Waals surface area (Å²) < 4.78 is 4.77. The second-order valence-corrected chi connectivity index (χ2v) is 3.50. The van der Waals surface area contributed by atoms with Crippen LogP contribution in [0.4, 0.5) is 0 Å². The Labute approximate surface area is 74.4 Å². The average Bonchev–Trinajstić information content (AvgIpc) is 2.02. The summed E-state index contributed by atoms with van der Waals surface area (Å²) in [5.41, 5.74) is -0.644. The first kappa shape index (κ1) is 11.9. The highest BCUT2D eigenvalue weighted by molar-refractivity contribution is 4.71. The predicted octanol–water partition coefficient (Wildman–Crippen LogP) is 0.935. The molecule has 0 saturated carbocycles. The van der Waals surface area contributed by atoms with Gasteiger partial charge in [0, 0.05) is 7.11 Å². The van der Waals surface area contributed by atoms with Crippen LogP contribution in [0.2, 0.25) is 0 Å². The van der Waals surface area contributed by atoms with Crippen molar-refractivity contribution in [3.8, 4) is 0 Å². The lowest BCUT2D eigenvalue weighted by molar-refractivity contribution is 0.0103. The third-order valence-electron chi connectivity index (χ3n) is 2.14. The van der Waals surface area contributed by atoms with Gasteiger partial charge in [-0.25, -0.2) is 0 Å². The Balaban J connectivity index is 3.52. The molecule has 0 aromatic heterocycles. The Bertz CT molecular complexity index is 112. The van der Waals surface area contributed by atoms with Crippen LogP contribution in [0, 0.1) is 0 Å². The van der Waals surface area contributed by atoms with Gasteiger partial charge in [0.25, 0.3) is 0 Å². The zero-order valence-corrected chi connectivity index (χ0v) is 8.21. The molecule has 74 valence electrons. The molecular weight excluding hydrogens is 156 g/mol. The monoisotopic (exact) mass is 176 g/mol. The average molecular weight is 176 g/mol. The van der Waals surface area contributed by atoms with Gasteiger partial charge in [-0.3, -0.25) is 0 Å². The molecule has 0 radical (unpaired) electrons. The van der Waals surface area contributed by atoms with E-state index in [2.05, 4.69) is 0 Å². The summed E-state index contributed by atoms with van der Waals surface area (Å²) in [6.45, 7) is 4.06. The van der Waals surface area contributed by atoms with Crippen LogP contribution in [0.25, 0.3) is 0 Å². The van der Waals surface area contributed by atoms with Gasteiger partial charge in [0.05, 0.1) is 18.3 Å². The molecule has 0 aromatic carbocycles. The van der Waals surface area contributed by atoms with E-state index in [9.17, 15) is 10.2 Å². The van der Waals surface area contributed by atoms with Crippen molar-refractivity contribution >= 4 is 0 Å². The van der Waals surface area contributed by atoms with E-state index in [1.54, 1.807) is 14.0 Å². The number of aliphatic hydroxyl groups is 2. The van der Waals surface area contributed by atoms with E-state index < -0.39 is 11.7 Å². The van der Waals surface area contributed by atoms with E-state index >= 15 is 0 Å². The molecule has 0 aliphatic rings. The van der Waals surface area contributed by atoms with Crippen LogP contribution in [0.15, 0.2) is 0 Å². The van der Waals surface area contributed by atoms with Crippen molar-refractivity contribution in [1.29, 1.82) is 0 Å². The quantitative estimate of drug-likeness (QED) is 0.633. The van der Waals surface area contributed by atoms with Crippen LogP contribution in [0.1, 0.15) is 33.1 Å². The summed E-state index contributed by atoms with van der Waals surface area (Å²) in [7, 11) is 1.56. The molecule has 2 unspecified atom stereocenters. The summed E-state index contributed by atoms with van der Waals surface area (Å²) in [6, 6.07) is 0. The van der Waals surface area contributed by atoms with Crippen molar-refractivity contribution in [2.24, 2.45) is 0 Å². The number of methoxy groups -OCH3 is 1. The van der Waals surface area contributed by atoms with Crippen molar-refractivity contribution in [2.75, 3.05) is 13.7 Å². The van der Waals surface area contributed by atoms with Gasteiger partial charge in [-0.05, 0) is 26.2 Å². The van der Waals surface area contributed by atoms with Gasteiger partial charge in [-0.2, -0.15) is 0 Å². The first-order chi connectivity index (χ1) is 5.52. The van der Waals surface area contributed by atoms with E-state index in [1.807, 2.05) is 6.92 Å². The van der Waals surface area contributed by atoms with E-state index in [-0.39, 0.29) is 0 Å². The first-order valence-electron chi connectivity index (χ1n) is 4.41. The first-order valence-corrected chi connectivity index (χ1v) is 4.41. The van der Waals surface area contributed by atoms with Crippen LogP contribution in [-0.4, -0.2) is 35.6 Å². The highest BCUT2D eigenvalue weighted by Gasteiger charge is 2.18. The fraction of sp³-hybridized carbons (Fsp3) is 1.00. The minimum Gasteiger partial charge on any atom is -0.391 e. The van der Waals surface area contributed by atoms with Crippen molar-refractivity contribution < 1.29 is 14.9 Å². The van der Waals surface area contributed by atoms with Gasteiger partial charge in [0.1, 0.15) is 0 Å². The number of hydrogen-bond donors (Lipinski definition) is 2. The van der Waals surface area contributed by atoms with Crippen molar-refractivity contribution in [3.05, 3.63) is 0 Å². The zero-order valence-electron chi connectivity index (χ0n) is 8.21. The van der Waals surface area contributed by atoms with Crippen molar-refractivity contribution in [2.45, 2.75) is 44.8 Å². The minimum atomic E-state index is -0.644. The fourth-order valence-corrected chi connectivity index (χ4v) is 0.930. The standard InChI is InChI=1S/C9H20O3/c1-4-9(2,11)6-5-8(10)7-12-3/h8,10-11H,4-7H2,1-3H3. The number of hydrogen-bond acceptors (Lipinski definition) is 3. The maximum atomic E-state index is 9.59. The lowest BCUT2D eigenvalue weighted by atomic mass is 9.96. The molecule has 0 aliphatic carbocycles. The second-order valence-electron chi connectivity index (χ2n) is 3.50. The summed E-state index contributed by atoms with van der Waals surface area (Å²) in [6.07, 6.45) is 1.48. The summed E-state index contributed by atoms with van der Waals surface area (Å²) in [5.74, 6) is 0. The Hall–Kier alpha value is -0.120. The topological polar surface area (TPSA) is 49.7 Å². The van der Waals surface area contributed by atoms with E-state index in [4.69, 9.17) is 4.74 Å². The molecule has 0 rings (SSSR count). The van der Waals surface area contributed by atoms with Gasteiger partial charge >= 0.3 is 0 Å². The second kappa shape index (κ2) is 5.51. The van der Waals surface area contributed by atoms with Crippen LogP contribution in [0.3, 0.4) is 0 Å². The van der Waals surface area contributed by atoms with Gasteiger partial charge in [-0.15, -0.1) is 0 Å². The maximum absolute atomic E-state index is 9.59. The molecule has 12 heavy (non-hydrogen) atoms. The van der Waals surface area contributed by atoms with Crippen LogP contribution in [0.5, 0.6) is 0 Å². The van der Waals surface area contributed by atoms with Gasteiger partial charge in [0.2, 0.25) is 0 Å². The van der Waals surface area contributed by atoms with Gasteiger partial charge in [0.15, 0.2) is 0 Å². The summed E-state index contributed by atoms with van der Waals surface area (Å²) >= 11 is 0. The summed E-state index contributed by atoms with van der Waals surface area (Å²) in [5, 5.41) is 18.9. The van der Waals surface area contributed by atoms with Crippen LogP contribution in [-0.2, 0) is 4.74 Å². The molecule has 0 aliphatic heterocycles. The normalized spacial score (nSPS) is 18.8. The highest BCUT2D eigenvalue weighted by atomic mass is 16.5. The van der Waals surface area contributed by atoms with Crippen LogP contribution >= 0.6 is 0 Å². The molecule has 0 bridgehead atoms. The largest absolute Gasteiger partial charge is 0.391 e. The number of ether oxygens (including phenoxy) is 1. The number of rotatable bonds is 6. The Morgan fingerprint density at radius 1 is 1.50 bits per heavy atom. The molecule has 0 aromatic rings. The minimum absolute atomic E-state index is 0.347. The Morgan fingerprint density at radius 2 is 2.08 bits per heavy atom. The Kier molecular flexibility index (Phi) is 5.46. The molecule has 2 N–H and O–H groups in total. The molecule has 0 amide bonds. The molecule has 0 saturated heterocycles. The van der Waals surface area contributed by atoms with E-state index in [1.165, 1.54) is 0 Å². The number of aliphatic hydroxyl groups excluding tert-OH is 1. The predicted molar refractivity (Wildman–Crippen MR) is 48.0 cm³/mol. The third-order valence-corrected chi connectivity index (χ3v) is 2.14. The molecule has 3 nitrogen and oxygen atoms in total. The van der Waals surface area contributed by atoms with E-state index in [0.717, 1.165) is 0 Å². The maximum Gasteiger partial charge on any atom is 0.0774 e. The van der Waals surface area contributed by atoms with E-state index in [0.29, 0.717) is 25.9 Å². The van der Waals surface area contributed by atoms with Crippen molar-refractivity contribution in [1.82, 2.24) is 0 Å². The lowest BCUT2D eigenvalue weighted by Gasteiger charge is -2.22. The molecule has 0 heterocycles. The molecule has 3 heteroatoms. The fourth-order valence-electron chi connectivity index (χ4n) is 0.930. The molecule has 2 atom stereocenters. The highest BCUT2D eigenvalue weighted by Crippen LogP contribution is 2.16. The summed E-state index contributed by atoms with van der Waals surface area (Å²) in [4.78, 5) is 0. The Morgan fingerprint density at radius 3 is 2.50 bits per heavy atom. The molecule has 0 fully saturated rings.